The van der Waals surface area contributed by atoms with Gasteiger partial charge in [0, 0.05) is 19.1 Å². The first-order chi connectivity index (χ1) is 11.7. The molecule has 4 heteroatoms. The van der Waals surface area contributed by atoms with Gasteiger partial charge in [0.05, 0.1) is 12.0 Å². The van der Waals surface area contributed by atoms with Gasteiger partial charge < -0.3 is 15.4 Å². The van der Waals surface area contributed by atoms with Crippen molar-refractivity contribution in [3.63, 3.8) is 0 Å². The predicted octanol–water partition coefficient (Wildman–Crippen LogP) is 2.63. The second-order valence-corrected chi connectivity index (χ2v) is 7.52. The Morgan fingerprint density at radius 1 is 1.12 bits per heavy atom. The minimum atomic E-state index is -0.331. The molecule has 2 aliphatic rings. The Hall–Kier alpha value is -1.39. The highest BCUT2D eigenvalue weighted by Gasteiger charge is 2.43. The van der Waals surface area contributed by atoms with E-state index in [1.807, 2.05) is 18.2 Å². The molecule has 1 heterocycles. The molecule has 132 valence electrons. The standard InChI is InChI=1S/C20H30N2O2/c1-24-16-19(11-13-21-14-12-19)15-22-18(23)20(9-5-6-10-20)17-7-3-2-4-8-17/h2-4,7-8,21H,5-6,9-16H2,1H3,(H,22,23). The molecule has 0 aromatic heterocycles. The number of methoxy groups -OCH3 is 1. The monoisotopic (exact) mass is 330 g/mol. The van der Waals surface area contributed by atoms with Crippen LogP contribution in [-0.4, -0.2) is 39.3 Å². The molecule has 1 aromatic rings. The van der Waals surface area contributed by atoms with Gasteiger partial charge in [0.2, 0.25) is 5.91 Å². The topological polar surface area (TPSA) is 50.4 Å². The van der Waals surface area contributed by atoms with Crippen LogP contribution in [0.2, 0.25) is 0 Å². The van der Waals surface area contributed by atoms with Gasteiger partial charge >= 0.3 is 0 Å². The largest absolute Gasteiger partial charge is 0.384 e. The molecule has 0 atom stereocenters. The fourth-order valence-electron chi connectivity index (χ4n) is 4.45. The van der Waals surface area contributed by atoms with Crippen LogP contribution < -0.4 is 10.6 Å². The fraction of sp³-hybridized carbons (Fsp3) is 0.650. The zero-order valence-electron chi connectivity index (χ0n) is 14.8. The molecule has 2 N–H and O–H groups in total. The highest BCUT2D eigenvalue weighted by Crippen LogP contribution is 2.41. The summed E-state index contributed by atoms with van der Waals surface area (Å²) in [5, 5.41) is 6.72. The van der Waals surface area contributed by atoms with Gasteiger partial charge in [0.1, 0.15) is 0 Å². The van der Waals surface area contributed by atoms with E-state index < -0.39 is 0 Å². The number of amides is 1. The zero-order chi connectivity index (χ0) is 16.9. The van der Waals surface area contributed by atoms with Gasteiger partial charge in [0.15, 0.2) is 0 Å². The highest BCUT2D eigenvalue weighted by atomic mass is 16.5. The molecule has 2 fully saturated rings. The number of nitrogens with one attached hydrogen (secondary N) is 2. The van der Waals surface area contributed by atoms with Crippen molar-refractivity contribution in [1.29, 1.82) is 0 Å². The first-order valence-electron chi connectivity index (χ1n) is 9.24. The number of carbonyl (C=O) groups is 1. The smallest absolute Gasteiger partial charge is 0.230 e. The number of ether oxygens (including phenoxy) is 1. The third-order valence-corrected chi connectivity index (χ3v) is 5.96. The van der Waals surface area contributed by atoms with Crippen molar-refractivity contribution >= 4 is 5.91 Å². The van der Waals surface area contributed by atoms with Crippen molar-refractivity contribution < 1.29 is 9.53 Å². The third-order valence-electron chi connectivity index (χ3n) is 5.96. The van der Waals surface area contributed by atoms with E-state index in [1.54, 1.807) is 7.11 Å². The molecular formula is C20H30N2O2. The second kappa shape index (κ2) is 7.66. The van der Waals surface area contributed by atoms with E-state index in [1.165, 1.54) is 5.56 Å². The zero-order valence-corrected chi connectivity index (χ0v) is 14.8. The lowest BCUT2D eigenvalue weighted by atomic mass is 9.76. The maximum absolute atomic E-state index is 13.2. The van der Waals surface area contributed by atoms with Crippen molar-refractivity contribution in [2.24, 2.45) is 5.41 Å². The van der Waals surface area contributed by atoms with Crippen LogP contribution in [0.15, 0.2) is 30.3 Å². The van der Waals surface area contributed by atoms with Crippen LogP contribution in [0.25, 0.3) is 0 Å². The summed E-state index contributed by atoms with van der Waals surface area (Å²) < 4.78 is 5.47. The van der Waals surface area contributed by atoms with Crippen LogP contribution in [0.5, 0.6) is 0 Å². The van der Waals surface area contributed by atoms with E-state index in [-0.39, 0.29) is 16.7 Å². The summed E-state index contributed by atoms with van der Waals surface area (Å²) >= 11 is 0. The van der Waals surface area contributed by atoms with Crippen LogP contribution in [0.3, 0.4) is 0 Å². The Morgan fingerprint density at radius 3 is 2.42 bits per heavy atom. The van der Waals surface area contributed by atoms with Gasteiger partial charge in [-0.05, 0) is 44.3 Å². The van der Waals surface area contributed by atoms with Crippen molar-refractivity contribution in [2.75, 3.05) is 33.4 Å². The molecule has 24 heavy (non-hydrogen) atoms. The van der Waals surface area contributed by atoms with Gasteiger partial charge in [-0.25, -0.2) is 0 Å². The van der Waals surface area contributed by atoms with Gasteiger partial charge in [-0.2, -0.15) is 0 Å². The molecule has 1 aliphatic carbocycles. The summed E-state index contributed by atoms with van der Waals surface area (Å²) in [6, 6.07) is 10.3. The Labute approximate surface area is 145 Å². The summed E-state index contributed by atoms with van der Waals surface area (Å²) in [5.41, 5.74) is 0.917. The van der Waals surface area contributed by atoms with Crippen molar-refractivity contribution in [3.05, 3.63) is 35.9 Å². The van der Waals surface area contributed by atoms with Crippen LogP contribution in [0.4, 0.5) is 0 Å². The van der Waals surface area contributed by atoms with Crippen molar-refractivity contribution in [1.82, 2.24) is 10.6 Å². The summed E-state index contributed by atoms with van der Waals surface area (Å²) in [6.07, 6.45) is 6.30. The SMILES string of the molecule is COCC1(CNC(=O)C2(c3ccccc3)CCCC2)CCNCC1. The maximum Gasteiger partial charge on any atom is 0.230 e. The summed E-state index contributed by atoms with van der Waals surface area (Å²) in [5.74, 6) is 0.209. The van der Waals surface area contributed by atoms with Crippen molar-refractivity contribution in [2.45, 2.75) is 43.9 Å². The fourth-order valence-corrected chi connectivity index (χ4v) is 4.45. The minimum absolute atomic E-state index is 0.0755. The van der Waals surface area contributed by atoms with E-state index in [0.29, 0.717) is 6.61 Å². The predicted molar refractivity (Wildman–Crippen MR) is 96.0 cm³/mol. The molecular weight excluding hydrogens is 300 g/mol. The molecule has 4 nitrogen and oxygen atoms in total. The number of rotatable bonds is 6. The molecule has 3 rings (SSSR count). The molecule has 0 spiro atoms. The number of benzene rings is 1. The van der Waals surface area contributed by atoms with E-state index in [0.717, 1.165) is 58.2 Å². The molecule has 1 saturated heterocycles. The van der Waals surface area contributed by atoms with Gasteiger partial charge in [-0.1, -0.05) is 43.2 Å². The molecule has 1 aromatic carbocycles. The lowest BCUT2D eigenvalue weighted by molar-refractivity contribution is -0.127. The number of carbonyl (C=O) groups excluding carboxylic acids is 1. The molecule has 0 bridgehead atoms. The number of hydrogen-bond acceptors (Lipinski definition) is 3. The molecule has 1 aliphatic heterocycles. The Balaban J connectivity index is 1.72. The minimum Gasteiger partial charge on any atom is -0.384 e. The van der Waals surface area contributed by atoms with E-state index in [2.05, 4.69) is 22.8 Å². The normalized spacial score (nSPS) is 22.2. The summed E-state index contributed by atoms with van der Waals surface area (Å²) in [7, 11) is 1.76. The number of piperidine rings is 1. The Bertz CT molecular complexity index is 526. The average molecular weight is 330 g/mol. The second-order valence-electron chi connectivity index (χ2n) is 7.52. The van der Waals surface area contributed by atoms with Crippen molar-refractivity contribution in [3.8, 4) is 0 Å². The summed E-state index contributed by atoms with van der Waals surface area (Å²) in [6.45, 7) is 3.44. The van der Waals surface area contributed by atoms with Crippen LogP contribution in [0.1, 0.15) is 44.1 Å². The lowest BCUT2D eigenvalue weighted by Gasteiger charge is -2.38. The molecule has 1 saturated carbocycles. The van der Waals surface area contributed by atoms with Crippen LogP contribution in [0, 0.1) is 5.41 Å². The maximum atomic E-state index is 13.2. The first kappa shape index (κ1) is 17.4. The van der Waals surface area contributed by atoms with E-state index in [4.69, 9.17) is 4.74 Å². The van der Waals surface area contributed by atoms with Gasteiger partial charge in [0.25, 0.3) is 0 Å². The number of hydrogen-bond donors (Lipinski definition) is 2. The molecule has 0 radical (unpaired) electrons. The van der Waals surface area contributed by atoms with E-state index in [9.17, 15) is 4.79 Å². The highest BCUT2D eigenvalue weighted by molar-refractivity contribution is 5.88. The summed E-state index contributed by atoms with van der Waals surface area (Å²) in [4.78, 5) is 13.2. The molecule has 1 amide bonds. The quantitative estimate of drug-likeness (QED) is 0.843. The Kier molecular flexibility index (Phi) is 5.57. The van der Waals surface area contributed by atoms with Gasteiger partial charge in [-0.15, -0.1) is 0 Å². The van der Waals surface area contributed by atoms with Gasteiger partial charge in [-0.3, -0.25) is 4.79 Å². The van der Waals surface area contributed by atoms with Crippen LogP contribution >= 0.6 is 0 Å². The third kappa shape index (κ3) is 3.50. The van der Waals surface area contributed by atoms with E-state index >= 15 is 0 Å². The average Bonchev–Trinajstić information content (AvgIpc) is 3.13. The first-order valence-corrected chi connectivity index (χ1v) is 9.24. The lowest BCUT2D eigenvalue weighted by Crippen LogP contribution is -2.51. The molecule has 0 unspecified atom stereocenters. The van der Waals surface area contributed by atoms with Crippen LogP contribution in [-0.2, 0) is 14.9 Å². The Morgan fingerprint density at radius 2 is 1.79 bits per heavy atom.